The number of benzene rings is 1. The molecule has 6 nitrogen and oxygen atoms in total. The average Bonchev–Trinajstić information content (AvgIpc) is 2.73. The number of pyridine rings is 2. The Morgan fingerprint density at radius 2 is 1.86 bits per heavy atom. The Morgan fingerprint density at radius 1 is 1.04 bits per heavy atom. The quantitative estimate of drug-likeness (QED) is 0.760. The highest BCUT2D eigenvalue weighted by Gasteiger charge is 2.41. The summed E-state index contributed by atoms with van der Waals surface area (Å²) in [5.74, 6) is -0.221. The molecule has 0 atom stereocenters. The third-order valence-corrected chi connectivity index (χ3v) is 5.86. The van der Waals surface area contributed by atoms with Gasteiger partial charge < -0.3 is 15.0 Å². The van der Waals surface area contributed by atoms with Crippen LogP contribution >= 0.6 is 0 Å². The van der Waals surface area contributed by atoms with E-state index in [9.17, 15) is 4.79 Å². The summed E-state index contributed by atoms with van der Waals surface area (Å²) in [6.45, 7) is 3.76. The molecule has 5 rings (SSSR count). The summed E-state index contributed by atoms with van der Waals surface area (Å²) in [4.78, 5) is 23.8. The Morgan fingerprint density at radius 3 is 2.64 bits per heavy atom. The number of carbonyl (C=O) groups is 1. The second kappa shape index (κ2) is 6.87. The molecule has 6 heteroatoms. The van der Waals surface area contributed by atoms with Gasteiger partial charge in [0, 0.05) is 42.0 Å². The van der Waals surface area contributed by atoms with Crippen LogP contribution in [0, 0.1) is 5.41 Å². The van der Waals surface area contributed by atoms with E-state index in [-0.39, 0.29) is 5.91 Å². The SMILES string of the molecule is O=C(Nc1cccc2cccnc12)c1cc(N2CCC3(CC2)COC3)ccn1. The zero-order valence-corrected chi connectivity index (χ0v) is 15.6. The van der Waals surface area contributed by atoms with Gasteiger partial charge in [0.15, 0.2) is 0 Å². The van der Waals surface area contributed by atoms with Crippen LogP contribution in [0.4, 0.5) is 11.4 Å². The van der Waals surface area contributed by atoms with E-state index in [4.69, 9.17) is 4.74 Å². The van der Waals surface area contributed by atoms with E-state index in [1.807, 2.05) is 42.5 Å². The summed E-state index contributed by atoms with van der Waals surface area (Å²) >= 11 is 0. The molecule has 0 unspecified atom stereocenters. The maximum Gasteiger partial charge on any atom is 0.274 e. The van der Waals surface area contributed by atoms with Crippen LogP contribution in [0.5, 0.6) is 0 Å². The minimum absolute atomic E-state index is 0.221. The Bertz CT molecular complexity index is 1020. The topological polar surface area (TPSA) is 67.4 Å². The lowest BCUT2D eigenvalue weighted by molar-refractivity contribution is -0.124. The molecule has 2 fully saturated rings. The van der Waals surface area contributed by atoms with Gasteiger partial charge in [0.1, 0.15) is 5.69 Å². The van der Waals surface area contributed by atoms with E-state index in [1.165, 1.54) is 0 Å². The Hall–Kier alpha value is -2.99. The molecule has 2 aliphatic heterocycles. The zero-order valence-electron chi connectivity index (χ0n) is 15.6. The number of nitrogens with one attached hydrogen (secondary N) is 1. The molecule has 0 aliphatic carbocycles. The van der Waals surface area contributed by atoms with E-state index in [1.54, 1.807) is 12.4 Å². The maximum absolute atomic E-state index is 12.8. The lowest BCUT2D eigenvalue weighted by atomic mass is 9.77. The number of para-hydroxylation sites is 1. The number of carbonyl (C=O) groups excluding carboxylic acids is 1. The number of rotatable bonds is 3. The Kier molecular flexibility index (Phi) is 4.20. The highest BCUT2D eigenvalue weighted by atomic mass is 16.5. The molecule has 1 amide bonds. The summed E-state index contributed by atoms with van der Waals surface area (Å²) in [5.41, 5.74) is 3.33. The average molecular weight is 374 g/mol. The van der Waals surface area contributed by atoms with Crippen LogP contribution in [0.15, 0.2) is 54.9 Å². The summed E-state index contributed by atoms with van der Waals surface area (Å²) in [6.07, 6.45) is 5.71. The van der Waals surface area contributed by atoms with Gasteiger partial charge in [-0.15, -0.1) is 0 Å². The second-order valence-electron chi connectivity index (χ2n) is 7.71. The molecule has 28 heavy (non-hydrogen) atoms. The molecule has 3 aromatic rings. The Balaban J connectivity index is 1.33. The minimum Gasteiger partial charge on any atom is -0.380 e. The van der Waals surface area contributed by atoms with E-state index in [2.05, 4.69) is 20.2 Å². The molecule has 2 aromatic heterocycles. The molecule has 1 aromatic carbocycles. The largest absolute Gasteiger partial charge is 0.380 e. The zero-order chi connectivity index (χ0) is 19.0. The van der Waals surface area contributed by atoms with Crippen molar-refractivity contribution in [3.63, 3.8) is 0 Å². The number of nitrogens with zero attached hydrogens (tertiary/aromatic N) is 3. The van der Waals surface area contributed by atoms with Crippen molar-refractivity contribution in [2.45, 2.75) is 12.8 Å². The van der Waals surface area contributed by atoms with Crippen LogP contribution in [0.1, 0.15) is 23.3 Å². The van der Waals surface area contributed by atoms with E-state index in [0.717, 1.165) is 55.7 Å². The highest BCUT2D eigenvalue weighted by Crippen LogP contribution is 2.39. The van der Waals surface area contributed by atoms with Crippen molar-refractivity contribution in [2.24, 2.45) is 5.41 Å². The van der Waals surface area contributed by atoms with Crippen molar-refractivity contribution in [3.05, 3.63) is 60.6 Å². The first-order valence-corrected chi connectivity index (χ1v) is 9.66. The third-order valence-electron chi connectivity index (χ3n) is 5.86. The molecule has 0 bridgehead atoms. The lowest BCUT2D eigenvalue weighted by Gasteiger charge is -2.47. The number of ether oxygens (including phenoxy) is 1. The van der Waals surface area contributed by atoms with E-state index < -0.39 is 0 Å². The molecule has 0 radical (unpaired) electrons. The molecule has 1 N–H and O–H groups in total. The first-order valence-electron chi connectivity index (χ1n) is 9.66. The van der Waals surface area contributed by atoms with Crippen molar-refractivity contribution in [3.8, 4) is 0 Å². The predicted octanol–water partition coefficient (Wildman–Crippen LogP) is 3.50. The fourth-order valence-corrected chi connectivity index (χ4v) is 4.05. The minimum atomic E-state index is -0.221. The number of amides is 1. The van der Waals surface area contributed by atoms with Crippen LogP contribution in [0.3, 0.4) is 0 Å². The molecule has 4 heterocycles. The molecule has 2 aliphatic rings. The number of hydrogen-bond donors (Lipinski definition) is 1. The monoisotopic (exact) mass is 374 g/mol. The van der Waals surface area contributed by atoms with E-state index >= 15 is 0 Å². The number of fused-ring (bicyclic) bond motifs is 1. The van der Waals surface area contributed by atoms with Crippen LogP contribution in [0.2, 0.25) is 0 Å². The van der Waals surface area contributed by atoms with Gasteiger partial charge in [0.2, 0.25) is 0 Å². The van der Waals surface area contributed by atoms with Crippen LogP contribution in [-0.4, -0.2) is 42.2 Å². The van der Waals surface area contributed by atoms with Gasteiger partial charge in [-0.25, -0.2) is 0 Å². The van der Waals surface area contributed by atoms with Crippen molar-refractivity contribution >= 4 is 28.2 Å². The van der Waals surface area contributed by atoms with Gasteiger partial charge in [0.25, 0.3) is 5.91 Å². The van der Waals surface area contributed by atoms with Gasteiger partial charge in [-0.1, -0.05) is 18.2 Å². The second-order valence-corrected chi connectivity index (χ2v) is 7.71. The number of aromatic nitrogens is 2. The summed E-state index contributed by atoms with van der Waals surface area (Å²) in [5, 5.41) is 3.95. The van der Waals surface area contributed by atoms with E-state index in [0.29, 0.717) is 16.8 Å². The molecule has 1 spiro atoms. The fraction of sp³-hybridized carbons (Fsp3) is 0.318. The van der Waals surface area contributed by atoms with Crippen LogP contribution in [0.25, 0.3) is 10.9 Å². The number of piperidine rings is 1. The first-order chi connectivity index (χ1) is 13.7. The number of anilines is 2. The highest BCUT2D eigenvalue weighted by molar-refractivity contribution is 6.07. The van der Waals surface area contributed by atoms with Crippen molar-refractivity contribution in [1.82, 2.24) is 9.97 Å². The van der Waals surface area contributed by atoms with Gasteiger partial charge in [-0.3, -0.25) is 14.8 Å². The van der Waals surface area contributed by atoms with Gasteiger partial charge >= 0.3 is 0 Å². The van der Waals surface area contributed by atoms with Crippen molar-refractivity contribution in [2.75, 3.05) is 36.5 Å². The molecular weight excluding hydrogens is 352 g/mol. The van der Waals surface area contributed by atoms with Crippen molar-refractivity contribution < 1.29 is 9.53 Å². The maximum atomic E-state index is 12.8. The molecular formula is C22H22N4O2. The third kappa shape index (κ3) is 3.10. The van der Waals surface area contributed by atoms with Gasteiger partial charge in [0.05, 0.1) is 24.4 Å². The molecule has 142 valence electrons. The lowest BCUT2D eigenvalue weighted by Crippen LogP contribution is -2.51. The van der Waals surface area contributed by atoms with Crippen LogP contribution in [-0.2, 0) is 4.74 Å². The molecule has 0 saturated carbocycles. The normalized spacial score (nSPS) is 18.1. The van der Waals surface area contributed by atoms with Crippen molar-refractivity contribution in [1.29, 1.82) is 0 Å². The summed E-state index contributed by atoms with van der Waals surface area (Å²) < 4.78 is 5.41. The first kappa shape index (κ1) is 17.1. The fourth-order valence-electron chi connectivity index (χ4n) is 4.05. The summed E-state index contributed by atoms with van der Waals surface area (Å²) in [6, 6.07) is 13.5. The number of hydrogen-bond acceptors (Lipinski definition) is 5. The molecule has 2 saturated heterocycles. The smallest absolute Gasteiger partial charge is 0.274 e. The Labute approximate surface area is 163 Å². The van der Waals surface area contributed by atoms with Gasteiger partial charge in [-0.05, 0) is 37.1 Å². The van der Waals surface area contributed by atoms with Gasteiger partial charge in [-0.2, -0.15) is 0 Å². The standard InChI is InChI=1S/C22H22N4O2/c27-21(25-18-5-1-3-16-4-2-9-24-20(16)18)19-13-17(6-10-23-19)26-11-7-22(8-12-26)14-28-15-22/h1-6,9-10,13H,7-8,11-12,14-15H2,(H,25,27). The predicted molar refractivity (Wildman–Crippen MR) is 109 cm³/mol. The summed E-state index contributed by atoms with van der Waals surface area (Å²) in [7, 11) is 0. The van der Waals surface area contributed by atoms with Crippen LogP contribution < -0.4 is 10.2 Å².